The smallest absolute Gasteiger partial charge is 0.399 e. The number of hydrogen-bond acceptors (Lipinski definition) is 6. The van der Waals surface area contributed by atoms with E-state index in [9.17, 15) is 0 Å². The topological polar surface area (TPSA) is 77.5 Å². The van der Waals surface area contributed by atoms with E-state index in [1.54, 1.807) is 0 Å². The first-order chi connectivity index (χ1) is 37.4. The van der Waals surface area contributed by atoms with Crippen molar-refractivity contribution in [1.82, 2.24) is 0 Å². The Morgan fingerprint density at radius 1 is 0.372 bits per heavy atom. The molecule has 0 aliphatic carbocycles. The largest absolute Gasteiger partial charge is 0.494 e. The van der Waals surface area contributed by atoms with Gasteiger partial charge in [0.25, 0.3) is 11.8 Å². The van der Waals surface area contributed by atoms with Crippen LogP contribution in [0, 0.1) is 11.8 Å². The summed E-state index contributed by atoms with van der Waals surface area (Å²) in [7, 11) is -1.15. The number of anilines is 2. The Morgan fingerprint density at radius 2 is 0.615 bits per heavy atom. The molecule has 78 heavy (non-hydrogen) atoms. The Bertz CT molecular complexity index is 2020. The van der Waals surface area contributed by atoms with E-state index in [0.29, 0.717) is 36.1 Å². The molecule has 2 fully saturated rings. The number of amides is 2. The van der Waals surface area contributed by atoms with Crippen molar-refractivity contribution in [1.29, 1.82) is 0 Å². The Kier molecular flexibility index (Phi) is 25.5. The second kappa shape index (κ2) is 30.9. The summed E-state index contributed by atoms with van der Waals surface area (Å²) in [6.07, 6.45) is 39.9. The maximum atomic E-state index is 15.9. The molecule has 2 aromatic carbocycles. The summed E-state index contributed by atoms with van der Waals surface area (Å²) in [4.78, 5) is 35.9. The average Bonchev–Trinajstić information content (AvgIpc) is 4.09. The molecule has 0 aromatic heterocycles. The molecule has 2 unspecified atom stereocenters. The highest BCUT2D eigenvalue weighted by molar-refractivity contribution is 6.63. The van der Waals surface area contributed by atoms with E-state index in [4.69, 9.17) is 18.6 Å². The van der Waals surface area contributed by atoms with Gasteiger partial charge in [0.05, 0.1) is 44.9 Å². The van der Waals surface area contributed by atoms with Crippen molar-refractivity contribution in [2.45, 2.75) is 311 Å². The van der Waals surface area contributed by atoms with Gasteiger partial charge in [0.2, 0.25) is 0 Å². The molecule has 2 saturated heterocycles. The molecule has 4 aliphatic heterocycles. The van der Waals surface area contributed by atoms with Crippen molar-refractivity contribution in [3.05, 3.63) is 47.5 Å². The van der Waals surface area contributed by atoms with Gasteiger partial charge in [-0.15, -0.1) is 0 Å². The lowest BCUT2D eigenvalue weighted by Gasteiger charge is -2.32. The minimum atomic E-state index is -0.576. The quantitative estimate of drug-likeness (QED) is 0.0379. The Hall–Kier alpha value is -2.91. The van der Waals surface area contributed by atoms with Gasteiger partial charge < -0.3 is 28.4 Å². The second-order valence-electron chi connectivity index (χ2n) is 26.7. The van der Waals surface area contributed by atoms with Crippen molar-refractivity contribution >= 4 is 59.5 Å². The van der Waals surface area contributed by atoms with Crippen LogP contribution in [-0.4, -0.2) is 61.5 Å². The molecule has 6 rings (SSSR count). The minimum Gasteiger partial charge on any atom is -0.399 e. The van der Waals surface area contributed by atoms with E-state index in [2.05, 4.69) is 129 Å². The molecule has 0 bridgehead atoms. The summed E-state index contributed by atoms with van der Waals surface area (Å²) in [5.41, 5.74) is 4.22. The monoisotopic (exact) mass is 1070 g/mol. The van der Waals surface area contributed by atoms with Crippen LogP contribution in [0.2, 0.25) is 0 Å². The third-order valence-corrected chi connectivity index (χ3v) is 19.1. The van der Waals surface area contributed by atoms with E-state index < -0.39 is 36.6 Å². The first-order valence-electron chi connectivity index (χ1n) is 32.8. The predicted octanol–water partition coefficient (Wildman–Crippen LogP) is 17.7. The summed E-state index contributed by atoms with van der Waals surface area (Å²) in [5, 5.41) is 0. The molecular weight excluding hydrogens is 962 g/mol. The van der Waals surface area contributed by atoms with Crippen LogP contribution in [0.15, 0.2) is 36.4 Å². The Morgan fingerprint density at radius 3 is 0.872 bits per heavy atom. The van der Waals surface area contributed by atoms with Gasteiger partial charge in [0.1, 0.15) is 0 Å². The highest BCUT2D eigenvalue weighted by Crippen LogP contribution is 2.48. The molecule has 2 amide bonds. The third-order valence-electron chi connectivity index (χ3n) is 19.1. The molecule has 2 aromatic rings. The molecule has 4 heterocycles. The van der Waals surface area contributed by atoms with Gasteiger partial charge in [-0.1, -0.05) is 232 Å². The van der Waals surface area contributed by atoms with E-state index in [-0.39, 0.29) is 11.8 Å². The van der Waals surface area contributed by atoms with E-state index >= 15 is 9.59 Å². The minimum absolute atomic E-state index is 0.0614. The number of nitrogens with zero attached hydrogens (tertiary/aromatic N) is 2. The van der Waals surface area contributed by atoms with E-state index in [1.165, 1.54) is 180 Å². The predicted molar refractivity (Wildman–Crippen MR) is 333 cm³/mol. The lowest BCUT2D eigenvalue weighted by molar-refractivity contribution is -0.114. The van der Waals surface area contributed by atoms with Gasteiger partial charge in [-0.05, 0) is 116 Å². The van der Waals surface area contributed by atoms with Gasteiger partial charge in [-0.25, -0.2) is 0 Å². The SMILES string of the molecule is CCCCCCCCCCC(CCCCCCCC)CN1C(=O)C(=C2C(=O)N(CC(CCCCCCCC)CCCCCCCCCC)c3cc(B4OC(C)(C)C(C)(C)O4)ccc32)c2ccc(B3OC(C)(C)C(C)(C)O3)cc21. The molecule has 10 heteroatoms. The average molecular weight is 1080 g/mol. The summed E-state index contributed by atoms with van der Waals surface area (Å²) >= 11 is 0. The Balaban J connectivity index is 1.39. The third kappa shape index (κ3) is 17.1. The fraction of sp³-hybridized carbons (Fsp3) is 0.765. The molecule has 0 N–H and O–H groups in total. The molecule has 4 aliphatic rings. The molecule has 0 radical (unpaired) electrons. The lowest BCUT2D eigenvalue weighted by Crippen LogP contribution is -2.41. The maximum Gasteiger partial charge on any atom is 0.494 e. The zero-order chi connectivity index (χ0) is 56.4. The van der Waals surface area contributed by atoms with Crippen LogP contribution < -0.4 is 20.7 Å². The van der Waals surface area contributed by atoms with Crippen LogP contribution >= 0.6 is 0 Å². The van der Waals surface area contributed by atoms with Crippen molar-refractivity contribution in [2.24, 2.45) is 11.8 Å². The summed E-state index contributed by atoms with van der Waals surface area (Å²) < 4.78 is 26.7. The Labute approximate surface area is 478 Å². The standard InChI is InChI=1S/C68H112B2N2O6/c1-13-17-21-25-29-31-35-39-43-53(41-37-33-27-23-19-15-3)51-71-59-49-55(69-75-65(5,6)66(7,8)76-69)45-47-57(59)61(63(71)73)62-58-48-46-56(70-77-67(9,10)68(11,12)78-70)50-60(58)72(64(62)74)52-54(42-38-34-28-24-20-16-4)44-40-36-32-30-26-22-18-14-2/h45-50,53-54H,13-44,51-52H2,1-12H3. The highest BCUT2D eigenvalue weighted by atomic mass is 16.7. The summed E-state index contributed by atoms with van der Waals surface area (Å²) in [5.74, 6) is 0.576. The maximum absolute atomic E-state index is 15.9. The summed E-state index contributed by atoms with van der Waals surface area (Å²) in [6, 6.07) is 12.6. The van der Waals surface area contributed by atoms with Gasteiger partial charge in [-0.2, -0.15) is 0 Å². The lowest BCUT2D eigenvalue weighted by atomic mass is 9.77. The van der Waals surface area contributed by atoms with Gasteiger partial charge in [0, 0.05) is 24.2 Å². The molecule has 8 nitrogen and oxygen atoms in total. The molecule has 0 spiro atoms. The number of benzene rings is 2. The summed E-state index contributed by atoms with van der Waals surface area (Å²) in [6.45, 7) is 27.2. The van der Waals surface area contributed by atoms with E-state index in [1.807, 2.05) is 0 Å². The fourth-order valence-corrected chi connectivity index (χ4v) is 12.5. The van der Waals surface area contributed by atoms with Crippen molar-refractivity contribution in [3.63, 3.8) is 0 Å². The first-order valence-corrected chi connectivity index (χ1v) is 32.8. The second-order valence-corrected chi connectivity index (χ2v) is 26.7. The number of unbranched alkanes of at least 4 members (excludes halogenated alkanes) is 24. The van der Waals surface area contributed by atoms with Crippen molar-refractivity contribution in [2.75, 3.05) is 22.9 Å². The number of carbonyl (C=O) groups is 2. The van der Waals surface area contributed by atoms with Gasteiger partial charge >= 0.3 is 14.2 Å². The van der Waals surface area contributed by atoms with Crippen LogP contribution in [0.1, 0.15) is 300 Å². The first kappa shape index (κ1) is 64.3. The van der Waals surface area contributed by atoms with Crippen LogP contribution in [0.5, 0.6) is 0 Å². The molecule has 0 saturated carbocycles. The fourth-order valence-electron chi connectivity index (χ4n) is 12.5. The van der Waals surface area contributed by atoms with Crippen LogP contribution in [0.25, 0.3) is 11.1 Å². The van der Waals surface area contributed by atoms with E-state index in [0.717, 1.165) is 59.1 Å². The van der Waals surface area contributed by atoms with Gasteiger partial charge in [-0.3, -0.25) is 9.59 Å². The number of carbonyl (C=O) groups excluding carboxylic acids is 2. The van der Waals surface area contributed by atoms with Gasteiger partial charge in [0.15, 0.2) is 0 Å². The van der Waals surface area contributed by atoms with Crippen LogP contribution in [-0.2, 0) is 28.2 Å². The zero-order valence-electron chi connectivity index (χ0n) is 52.2. The number of hydrogen-bond donors (Lipinski definition) is 0. The van der Waals surface area contributed by atoms with Crippen LogP contribution in [0.3, 0.4) is 0 Å². The van der Waals surface area contributed by atoms with Crippen molar-refractivity contribution in [3.8, 4) is 0 Å². The molecular formula is C68H112B2N2O6. The molecule has 436 valence electrons. The highest BCUT2D eigenvalue weighted by Gasteiger charge is 2.54. The normalized spacial score (nSPS) is 19.9. The number of rotatable bonds is 38. The van der Waals surface area contributed by atoms with Crippen molar-refractivity contribution < 1.29 is 28.2 Å². The zero-order valence-corrected chi connectivity index (χ0v) is 52.2. The van der Waals surface area contributed by atoms with Crippen LogP contribution in [0.4, 0.5) is 11.4 Å². The number of fused-ring (bicyclic) bond motifs is 2. The molecule has 2 atom stereocenters.